The third-order valence-corrected chi connectivity index (χ3v) is 2.10. The molecular weight excluding hydrogens is 195 g/mol. The van der Waals surface area contributed by atoms with Gasteiger partial charge in [-0.2, -0.15) is 0 Å². The third-order valence-electron chi connectivity index (χ3n) is 2.10. The van der Waals surface area contributed by atoms with E-state index in [4.69, 9.17) is 5.53 Å². The highest BCUT2D eigenvalue weighted by molar-refractivity contribution is 5.82. The highest BCUT2D eigenvalue weighted by Crippen LogP contribution is 2.20. The largest absolute Gasteiger partial charge is 0.256 e. The molecule has 0 saturated carbocycles. The van der Waals surface area contributed by atoms with Crippen LogP contribution >= 0.6 is 0 Å². The number of pyridine rings is 1. The average molecular weight is 202 g/mol. The summed E-state index contributed by atoms with van der Waals surface area (Å²) in [4.78, 5) is 6.74. The van der Waals surface area contributed by atoms with Crippen LogP contribution in [0.5, 0.6) is 0 Å². The van der Waals surface area contributed by atoms with Crippen LogP contribution in [0.1, 0.15) is 5.56 Å². The Kier molecular flexibility index (Phi) is 2.48. The lowest BCUT2D eigenvalue weighted by Gasteiger charge is -2.02. The highest BCUT2D eigenvalue weighted by atomic mass is 19.1. The Morgan fingerprint density at radius 3 is 3.07 bits per heavy atom. The summed E-state index contributed by atoms with van der Waals surface area (Å²) < 4.78 is 13.3. The highest BCUT2D eigenvalue weighted by Gasteiger charge is 2.05. The lowest BCUT2D eigenvalue weighted by atomic mass is 10.1. The molecule has 1 aromatic heterocycles. The van der Waals surface area contributed by atoms with Gasteiger partial charge >= 0.3 is 0 Å². The van der Waals surface area contributed by atoms with E-state index in [9.17, 15) is 4.39 Å². The first-order valence-electron chi connectivity index (χ1n) is 4.36. The normalized spacial score (nSPS) is 9.93. The summed E-state index contributed by atoms with van der Waals surface area (Å²) in [7, 11) is 0. The smallest absolute Gasteiger partial charge is 0.132 e. The molecule has 0 bridgehead atoms. The van der Waals surface area contributed by atoms with Crippen LogP contribution in [0.4, 0.5) is 4.39 Å². The van der Waals surface area contributed by atoms with Crippen LogP contribution in [0.15, 0.2) is 35.6 Å². The maximum absolute atomic E-state index is 13.3. The minimum Gasteiger partial charge on any atom is -0.256 e. The zero-order chi connectivity index (χ0) is 10.7. The van der Waals surface area contributed by atoms with Crippen molar-refractivity contribution in [1.82, 2.24) is 4.98 Å². The van der Waals surface area contributed by atoms with Crippen LogP contribution < -0.4 is 0 Å². The summed E-state index contributed by atoms with van der Waals surface area (Å²) in [6.45, 7) is 0.185. The fourth-order valence-electron chi connectivity index (χ4n) is 1.43. The number of hydrogen-bond donors (Lipinski definition) is 0. The second-order valence-corrected chi connectivity index (χ2v) is 3.00. The molecule has 0 spiro atoms. The number of nitrogens with zero attached hydrogens (tertiary/aromatic N) is 4. The molecule has 1 heterocycles. The van der Waals surface area contributed by atoms with Crippen LogP contribution in [0.2, 0.25) is 0 Å². The van der Waals surface area contributed by atoms with E-state index in [1.54, 1.807) is 24.4 Å². The van der Waals surface area contributed by atoms with Crippen molar-refractivity contribution in [2.24, 2.45) is 5.11 Å². The Hall–Kier alpha value is -2.13. The minimum atomic E-state index is -0.317. The second kappa shape index (κ2) is 3.94. The van der Waals surface area contributed by atoms with E-state index in [0.29, 0.717) is 10.9 Å². The molecule has 0 aliphatic rings. The molecule has 0 saturated heterocycles. The van der Waals surface area contributed by atoms with Crippen molar-refractivity contribution in [2.75, 3.05) is 0 Å². The molecule has 0 atom stereocenters. The van der Waals surface area contributed by atoms with E-state index >= 15 is 0 Å². The summed E-state index contributed by atoms with van der Waals surface area (Å²) in [6.07, 6.45) is 1.58. The van der Waals surface area contributed by atoms with Crippen LogP contribution in [0.3, 0.4) is 0 Å². The standard InChI is InChI=1S/C10H7FN4/c11-9-4-3-7(6-14-15-12)10-8(9)2-1-5-13-10/h1-5H,6H2. The van der Waals surface area contributed by atoms with Gasteiger partial charge < -0.3 is 0 Å². The van der Waals surface area contributed by atoms with Gasteiger partial charge in [-0.05, 0) is 29.3 Å². The first kappa shape index (κ1) is 9.43. The molecule has 0 fully saturated rings. The lowest BCUT2D eigenvalue weighted by molar-refractivity contribution is 0.639. The van der Waals surface area contributed by atoms with Gasteiger partial charge in [0, 0.05) is 16.5 Å². The molecule has 5 heteroatoms. The molecule has 0 radical (unpaired) electrons. The van der Waals surface area contributed by atoms with E-state index in [1.807, 2.05) is 0 Å². The maximum atomic E-state index is 13.3. The number of rotatable bonds is 2. The summed E-state index contributed by atoms with van der Waals surface area (Å²) in [5.74, 6) is -0.317. The molecule has 0 unspecified atom stereocenters. The van der Waals surface area contributed by atoms with Crippen molar-refractivity contribution in [3.05, 3.63) is 52.3 Å². The van der Waals surface area contributed by atoms with Crippen molar-refractivity contribution in [3.63, 3.8) is 0 Å². The van der Waals surface area contributed by atoms with Crippen molar-refractivity contribution in [3.8, 4) is 0 Å². The molecule has 15 heavy (non-hydrogen) atoms. The molecule has 0 N–H and O–H groups in total. The third kappa shape index (κ3) is 1.73. The monoisotopic (exact) mass is 202 g/mol. The van der Waals surface area contributed by atoms with Crippen LogP contribution in [0, 0.1) is 5.82 Å². The Bertz CT molecular complexity index is 546. The molecule has 1 aromatic carbocycles. The predicted octanol–water partition coefficient (Wildman–Crippen LogP) is 3.18. The molecule has 74 valence electrons. The maximum Gasteiger partial charge on any atom is 0.132 e. The summed E-state index contributed by atoms with van der Waals surface area (Å²) >= 11 is 0. The van der Waals surface area contributed by atoms with Gasteiger partial charge in [0.2, 0.25) is 0 Å². The molecular formula is C10H7FN4. The number of halogens is 1. The number of hydrogen-bond acceptors (Lipinski definition) is 2. The number of azide groups is 1. The van der Waals surface area contributed by atoms with E-state index in [0.717, 1.165) is 5.56 Å². The van der Waals surface area contributed by atoms with Gasteiger partial charge in [-0.15, -0.1) is 0 Å². The van der Waals surface area contributed by atoms with Crippen LogP contribution in [-0.4, -0.2) is 4.98 Å². The fourth-order valence-corrected chi connectivity index (χ4v) is 1.43. The van der Waals surface area contributed by atoms with Gasteiger partial charge in [-0.1, -0.05) is 11.2 Å². The first-order chi connectivity index (χ1) is 7.33. The van der Waals surface area contributed by atoms with Crippen molar-refractivity contribution in [1.29, 1.82) is 0 Å². The second-order valence-electron chi connectivity index (χ2n) is 3.00. The topological polar surface area (TPSA) is 61.7 Å². The Morgan fingerprint density at radius 1 is 1.40 bits per heavy atom. The molecule has 2 aromatic rings. The Labute approximate surface area is 85.0 Å². The number of benzene rings is 1. The Balaban J connectivity index is 2.65. The fraction of sp³-hybridized carbons (Fsp3) is 0.100. The Morgan fingerprint density at radius 2 is 2.27 bits per heavy atom. The van der Waals surface area contributed by atoms with Gasteiger partial charge in [-0.3, -0.25) is 4.98 Å². The lowest BCUT2D eigenvalue weighted by Crippen LogP contribution is -1.89. The van der Waals surface area contributed by atoms with Gasteiger partial charge in [0.05, 0.1) is 12.1 Å². The van der Waals surface area contributed by atoms with Crippen molar-refractivity contribution in [2.45, 2.75) is 6.54 Å². The molecule has 2 rings (SSSR count). The van der Waals surface area contributed by atoms with Crippen LogP contribution in [-0.2, 0) is 6.54 Å². The van der Waals surface area contributed by atoms with Crippen molar-refractivity contribution >= 4 is 10.9 Å². The zero-order valence-electron chi connectivity index (χ0n) is 7.76. The van der Waals surface area contributed by atoms with E-state index in [2.05, 4.69) is 15.0 Å². The summed E-state index contributed by atoms with van der Waals surface area (Å²) in [5.41, 5.74) is 9.49. The quantitative estimate of drug-likeness (QED) is 0.419. The SMILES string of the molecule is [N-]=[N+]=NCc1ccc(F)c2cccnc12. The van der Waals surface area contributed by atoms with Crippen molar-refractivity contribution < 1.29 is 4.39 Å². The number of fused-ring (bicyclic) bond motifs is 1. The van der Waals surface area contributed by atoms with Gasteiger partial charge in [0.25, 0.3) is 0 Å². The molecule has 0 amide bonds. The van der Waals surface area contributed by atoms with E-state index in [-0.39, 0.29) is 12.4 Å². The number of aromatic nitrogens is 1. The zero-order valence-corrected chi connectivity index (χ0v) is 7.76. The average Bonchev–Trinajstić information content (AvgIpc) is 2.29. The first-order valence-corrected chi connectivity index (χ1v) is 4.36. The van der Waals surface area contributed by atoms with Crippen LogP contribution in [0.25, 0.3) is 21.3 Å². The summed E-state index contributed by atoms with van der Waals surface area (Å²) in [5, 5.41) is 3.89. The van der Waals surface area contributed by atoms with E-state index < -0.39 is 0 Å². The van der Waals surface area contributed by atoms with Gasteiger partial charge in [0.1, 0.15) is 5.82 Å². The summed E-state index contributed by atoms with van der Waals surface area (Å²) in [6, 6.07) is 6.26. The molecule has 0 aliphatic heterocycles. The minimum absolute atomic E-state index is 0.185. The predicted molar refractivity (Wildman–Crippen MR) is 54.6 cm³/mol. The van der Waals surface area contributed by atoms with Gasteiger partial charge in [0.15, 0.2) is 0 Å². The van der Waals surface area contributed by atoms with E-state index in [1.165, 1.54) is 6.07 Å². The molecule has 0 aliphatic carbocycles. The van der Waals surface area contributed by atoms with Gasteiger partial charge in [-0.25, -0.2) is 4.39 Å². The molecule has 4 nitrogen and oxygen atoms in total.